The zero-order valence-electron chi connectivity index (χ0n) is 9.15. The number of hydrogen-bond acceptors (Lipinski definition) is 5. The van der Waals surface area contributed by atoms with E-state index in [-0.39, 0.29) is 5.56 Å². The Bertz CT molecular complexity index is 430. The average Bonchev–Trinajstić information content (AvgIpc) is 2.24. The van der Waals surface area contributed by atoms with Crippen molar-refractivity contribution in [3.63, 3.8) is 0 Å². The quantitative estimate of drug-likeness (QED) is 0.577. The molecule has 0 unspecified atom stereocenters. The minimum Gasteiger partial charge on any atom is -0.549 e. The van der Waals surface area contributed by atoms with Crippen LogP contribution in [-0.4, -0.2) is 21.2 Å². The Morgan fingerprint density at radius 1 is 1.62 bits per heavy atom. The van der Waals surface area contributed by atoms with Crippen LogP contribution in [0.4, 0.5) is 0 Å². The van der Waals surface area contributed by atoms with Gasteiger partial charge in [0, 0.05) is 11.8 Å². The fraction of sp³-hybridized carbons (Fsp3) is 0.500. The summed E-state index contributed by atoms with van der Waals surface area (Å²) in [7, 11) is 0. The molecule has 0 radical (unpaired) electrons. The van der Waals surface area contributed by atoms with E-state index in [2.05, 4.69) is 9.97 Å². The molecule has 6 heteroatoms. The Kier molecular flexibility index (Phi) is 4.54. The maximum Gasteiger partial charge on any atom is 0.251 e. The second-order valence-electron chi connectivity index (χ2n) is 3.23. The minimum absolute atomic E-state index is 0.262. The molecule has 1 aromatic rings. The number of aromatic nitrogens is 2. The summed E-state index contributed by atoms with van der Waals surface area (Å²) in [5.74, 6) is -1.14. The number of carbonyl (C=O) groups is 1. The van der Waals surface area contributed by atoms with E-state index in [1.165, 1.54) is 6.07 Å². The van der Waals surface area contributed by atoms with Crippen LogP contribution in [-0.2, 0) is 11.2 Å². The fourth-order valence-electron chi connectivity index (χ4n) is 1.15. The normalized spacial score (nSPS) is 12.4. The molecule has 1 atom stereocenters. The summed E-state index contributed by atoms with van der Waals surface area (Å²) in [6, 6.07) is 1.41. The summed E-state index contributed by atoms with van der Waals surface area (Å²) in [5, 5.41) is 10.4. The summed E-state index contributed by atoms with van der Waals surface area (Å²) in [6.07, 6.45) is 1.06. The number of thioether (sulfide) groups is 1. The topological polar surface area (TPSA) is 85.9 Å². The van der Waals surface area contributed by atoms with E-state index >= 15 is 0 Å². The molecule has 0 fully saturated rings. The van der Waals surface area contributed by atoms with Crippen molar-refractivity contribution in [3.05, 3.63) is 22.1 Å². The SMILES string of the molecule is CCc1cc(=O)[nH]c(S[C@H](CC)C(=O)[O-])n1. The molecule has 0 aliphatic rings. The van der Waals surface area contributed by atoms with E-state index in [1.54, 1.807) is 6.92 Å². The van der Waals surface area contributed by atoms with Crippen LogP contribution in [0.1, 0.15) is 26.0 Å². The first-order valence-corrected chi connectivity index (χ1v) is 5.92. The zero-order valence-corrected chi connectivity index (χ0v) is 9.97. The number of nitrogens with one attached hydrogen (secondary N) is 1. The second-order valence-corrected chi connectivity index (χ2v) is 4.42. The molecule has 0 spiro atoms. The third-order valence-corrected chi connectivity index (χ3v) is 3.25. The Morgan fingerprint density at radius 2 is 2.31 bits per heavy atom. The number of carboxylic acids is 1. The highest BCUT2D eigenvalue weighted by atomic mass is 32.2. The van der Waals surface area contributed by atoms with Crippen molar-refractivity contribution in [2.24, 2.45) is 0 Å². The minimum atomic E-state index is -1.14. The molecule has 0 saturated carbocycles. The van der Waals surface area contributed by atoms with E-state index in [0.29, 0.717) is 23.7 Å². The number of H-pyrrole nitrogens is 1. The van der Waals surface area contributed by atoms with Crippen LogP contribution in [0.15, 0.2) is 16.0 Å². The van der Waals surface area contributed by atoms with Gasteiger partial charge in [-0.1, -0.05) is 25.6 Å². The highest BCUT2D eigenvalue weighted by Gasteiger charge is 2.11. The molecular formula is C10H13N2O3S-. The Labute approximate surface area is 97.3 Å². The van der Waals surface area contributed by atoms with Crippen molar-refractivity contribution >= 4 is 17.7 Å². The van der Waals surface area contributed by atoms with Crippen LogP contribution in [0.3, 0.4) is 0 Å². The lowest BCUT2D eigenvalue weighted by Crippen LogP contribution is -2.33. The molecule has 0 amide bonds. The van der Waals surface area contributed by atoms with E-state index in [4.69, 9.17) is 0 Å². The average molecular weight is 241 g/mol. The Morgan fingerprint density at radius 3 is 2.81 bits per heavy atom. The van der Waals surface area contributed by atoms with Gasteiger partial charge >= 0.3 is 0 Å². The Balaban J connectivity index is 2.91. The third-order valence-electron chi connectivity index (χ3n) is 2.02. The molecule has 1 heterocycles. The summed E-state index contributed by atoms with van der Waals surface area (Å²) in [5.41, 5.74) is 0.391. The van der Waals surface area contributed by atoms with Gasteiger partial charge in [0.05, 0.1) is 11.2 Å². The molecular weight excluding hydrogens is 228 g/mol. The third kappa shape index (κ3) is 3.37. The lowest BCUT2D eigenvalue weighted by atomic mass is 10.3. The van der Waals surface area contributed by atoms with Crippen molar-refractivity contribution in [3.8, 4) is 0 Å². The molecule has 0 saturated heterocycles. The van der Waals surface area contributed by atoms with E-state index in [9.17, 15) is 14.7 Å². The van der Waals surface area contributed by atoms with Crippen LogP contribution < -0.4 is 10.7 Å². The maximum absolute atomic E-state index is 11.2. The molecule has 0 aromatic carbocycles. The molecule has 1 rings (SSSR count). The lowest BCUT2D eigenvalue weighted by Gasteiger charge is -2.14. The zero-order chi connectivity index (χ0) is 12.1. The summed E-state index contributed by atoms with van der Waals surface area (Å²) in [4.78, 5) is 28.6. The predicted octanol–water partition coefficient (Wildman–Crippen LogP) is -0.0471. The highest BCUT2D eigenvalue weighted by Crippen LogP contribution is 2.20. The number of aryl methyl sites for hydroxylation is 1. The maximum atomic E-state index is 11.2. The largest absolute Gasteiger partial charge is 0.549 e. The second kappa shape index (κ2) is 5.69. The van der Waals surface area contributed by atoms with E-state index in [0.717, 1.165) is 11.8 Å². The standard InChI is InChI=1S/C10H14N2O3S/c1-3-6-5-8(13)12-10(11-6)16-7(4-2)9(14)15/h5,7H,3-4H2,1-2H3,(H,14,15)(H,11,12,13)/p-1/t7-/m1/s1. The van der Waals surface area contributed by atoms with Gasteiger partial charge in [0.2, 0.25) is 0 Å². The van der Waals surface area contributed by atoms with Gasteiger partial charge in [-0.3, -0.25) is 4.79 Å². The number of carboxylic acid groups (broad SMARTS) is 1. The molecule has 0 aliphatic heterocycles. The van der Waals surface area contributed by atoms with Crippen LogP contribution in [0.2, 0.25) is 0 Å². The lowest BCUT2D eigenvalue weighted by molar-refractivity contribution is -0.304. The van der Waals surface area contributed by atoms with E-state index in [1.807, 2.05) is 6.92 Å². The van der Waals surface area contributed by atoms with Gasteiger partial charge in [0.1, 0.15) is 0 Å². The first-order chi connectivity index (χ1) is 7.56. The first kappa shape index (κ1) is 12.8. The molecule has 88 valence electrons. The smallest absolute Gasteiger partial charge is 0.251 e. The van der Waals surface area contributed by atoms with Crippen molar-refractivity contribution in [1.29, 1.82) is 0 Å². The molecule has 1 N–H and O–H groups in total. The summed E-state index contributed by atoms with van der Waals surface area (Å²) < 4.78 is 0. The van der Waals surface area contributed by atoms with Gasteiger partial charge in [-0.05, 0) is 12.8 Å². The van der Waals surface area contributed by atoms with Gasteiger partial charge in [0.25, 0.3) is 5.56 Å². The predicted molar refractivity (Wildman–Crippen MR) is 59.2 cm³/mol. The van der Waals surface area contributed by atoms with Crippen molar-refractivity contribution in [2.75, 3.05) is 0 Å². The van der Waals surface area contributed by atoms with E-state index < -0.39 is 11.2 Å². The first-order valence-electron chi connectivity index (χ1n) is 5.04. The van der Waals surface area contributed by atoms with Crippen LogP contribution in [0.5, 0.6) is 0 Å². The number of hydrogen-bond donors (Lipinski definition) is 1. The Hall–Kier alpha value is -1.30. The van der Waals surface area contributed by atoms with Gasteiger partial charge in [-0.2, -0.15) is 0 Å². The van der Waals surface area contributed by atoms with Crippen LogP contribution in [0.25, 0.3) is 0 Å². The summed E-state index contributed by atoms with van der Waals surface area (Å²) >= 11 is 1.01. The van der Waals surface area contributed by atoms with Gasteiger partial charge in [-0.25, -0.2) is 4.98 Å². The van der Waals surface area contributed by atoms with Gasteiger partial charge in [0.15, 0.2) is 5.16 Å². The summed E-state index contributed by atoms with van der Waals surface area (Å²) in [6.45, 7) is 3.63. The molecule has 1 aromatic heterocycles. The van der Waals surface area contributed by atoms with Crippen molar-refractivity contribution in [2.45, 2.75) is 37.1 Å². The van der Waals surface area contributed by atoms with Crippen LogP contribution in [0, 0.1) is 0 Å². The van der Waals surface area contributed by atoms with Gasteiger partial charge < -0.3 is 14.9 Å². The fourth-order valence-corrected chi connectivity index (χ4v) is 2.02. The number of rotatable bonds is 5. The van der Waals surface area contributed by atoms with Crippen molar-refractivity contribution < 1.29 is 9.90 Å². The monoisotopic (exact) mass is 241 g/mol. The number of nitrogens with zero attached hydrogens (tertiary/aromatic N) is 1. The molecule has 16 heavy (non-hydrogen) atoms. The highest BCUT2D eigenvalue weighted by molar-refractivity contribution is 8.00. The number of aliphatic carboxylic acids is 1. The number of carbonyl (C=O) groups excluding carboxylic acids is 1. The van der Waals surface area contributed by atoms with Crippen molar-refractivity contribution in [1.82, 2.24) is 9.97 Å². The number of aromatic amines is 1. The molecule has 0 bridgehead atoms. The van der Waals surface area contributed by atoms with Gasteiger partial charge in [-0.15, -0.1) is 0 Å². The molecule has 5 nitrogen and oxygen atoms in total. The molecule has 0 aliphatic carbocycles. The van der Waals surface area contributed by atoms with Crippen LogP contribution >= 0.6 is 11.8 Å².